The fourth-order valence-corrected chi connectivity index (χ4v) is 3.36. The summed E-state index contributed by atoms with van der Waals surface area (Å²) in [5.41, 5.74) is -6.91. The van der Waals surface area contributed by atoms with E-state index in [1.807, 2.05) is 5.32 Å². The van der Waals surface area contributed by atoms with Gasteiger partial charge in [-0.05, 0) is 11.4 Å². The summed E-state index contributed by atoms with van der Waals surface area (Å²) < 4.78 is 43.1. The molecule has 0 aromatic carbocycles. The molecular weight excluding hydrogens is 377 g/mol. The van der Waals surface area contributed by atoms with Gasteiger partial charge in [-0.25, -0.2) is 4.79 Å². The van der Waals surface area contributed by atoms with Crippen LogP contribution in [0.25, 0.3) is 0 Å². The molecule has 1 aliphatic rings. The molecule has 8 nitrogen and oxygen atoms in total. The SMILES string of the molecule is Cn1c2c(c(=O)n(C)c1=O)[C@](NC(=O)c1cccs1)(C(F)(F)F)C(=O)N2. The molecule has 0 saturated carbocycles. The molecule has 0 radical (unpaired) electrons. The highest BCUT2D eigenvalue weighted by Crippen LogP contribution is 2.45. The molecule has 2 aromatic heterocycles. The first kappa shape index (κ1) is 17.9. The molecule has 138 valence electrons. The van der Waals surface area contributed by atoms with E-state index >= 15 is 0 Å². The monoisotopic (exact) mass is 388 g/mol. The summed E-state index contributed by atoms with van der Waals surface area (Å²) in [6.07, 6.45) is -5.33. The minimum absolute atomic E-state index is 0.0727. The third kappa shape index (κ3) is 2.21. The Morgan fingerprint density at radius 2 is 1.88 bits per heavy atom. The molecule has 0 unspecified atom stereocenters. The first-order valence-electron chi connectivity index (χ1n) is 7.07. The zero-order valence-electron chi connectivity index (χ0n) is 13.3. The van der Waals surface area contributed by atoms with E-state index in [4.69, 9.17) is 0 Å². The van der Waals surface area contributed by atoms with E-state index in [-0.39, 0.29) is 4.88 Å². The van der Waals surface area contributed by atoms with Crippen LogP contribution in [0.2, 0.25) is 0 Å². The van der Waals surface area contributed by atoms with Gasteiger partial charge < -0.3 is 10.6 Å². The van der Waals surface area contributed by atoms with Crippen molar-refractivity contribution in [2.75, 3.05) is 5.32 Å². The molecule has 26 heavy (non-hydrogen) atoms. The van der Waals surface area contributed by atoms with E-state index in [9.17, 15) is 32.3 Å². The van der Waals surface area contributed by atoms with Crippen LogP contribution in [0, 0.1) is 0 Å². The third-order valence-electron chi connectivity index (χ3n) is 4.08. The summed E-state index contributed by atoms with van der Waals surface area (Å²) in [6, 6.07) is 2.72. The van der Waals surface area contributed by atoms with Gasteiger partial charge in [-0.3, -0.25) is 23.5 Å². The smallest absolute Gasteiger partial charge is 0.326 e. The molecule has 1 aliphatic heterocycles. The number of hydrogen-bond donors (Lipinski definition) is 2. The molecule has 3 heterocycles. The van der Waals surface area contributed by atoms with Gasteiger partial charge in [0.25, 0.3) is 22.9 Å². The Morgan fingerprint density at radius 1 is 1.23 bits per heavy atom. The summed E-state index contributed by atoms with van der Waals surface area (Å²) >= 11 is 0.870. The number of nitrogens with zero attached hydrogens (tertiary/aromatic N) is 2. The molecular formula is C14H11F3N4O4S. The number of fused-ring (bicyclic) bond motifs is 1. The highest BCUT2D eigenvalue weighted by Gasteiger charge is 2.68. The summed E-state index contributed by atoms with van der Waals surface area (Å²) in [5.74, 6) is -3.44. The Morgan fingerprint density at radius 3 is 2.42 bits per heavy atom. The first-order chi connectivity index (χ1) is 12.0. The van der Waals surface area contributed by atoms with E-state index in [1.165, 1.54) is 17.5 Å². The molecule has 12 heteroatoms. The van der Waals surface area contributed by atoms with Crippen LogP contribution in [0.5, 0.6) is 0 Å². The molecule has 0 spiro atoms. The number of anilines is 1. The van der Waals surface area contributed by atoms with Crippen molar-refractivity contribution in [3.05, 3.63) is 48.8 Å². The third-order valence-corrected chi connectivity index (χ3v) is 4.95. The van der Waals surface area contributed by atoms with Crippen molar-refractivity contribution in [1.82, 2.24) is 14.5 Å². The Bertz CT molecular complexity index is 1040. The fourth-order valence-electron chi connectivity index (χ4n) is 2.74. The molecule has 0 fully saturated rings. The van der Waals surface area contributed by atoms with E-state index in [1.54, 1.807) is 5.32 Å². The molecule has 0 aliphatic carbocycles. The zero-order valence-corrected chi connectivity index (χ0v) is 14.1. The van der Waals surface area contributed by atoms with Crippen LogP contribution in [0.4, 0.5) is 19.0 Å². The lowest BCUT2D eigenvalue weighted by atomic mass is 9.91. The second-order valence-electron chi connectivity index (χ2n) is 5.56. The van der Waals surface area contributed by atoms with Crippen molar-refractivity contribution in [2.24, 2.45) is 14.1 Å². The maximum Gasteiger partial charge on any atom is 0.425 e. The van der Waals surface area contributed by atoms with Gasteiger partial charge in [0.2, 0.25) is 0 Å². The normalized spacial score (nSPS) is 19.2. The fraction of sp³-hybridized carbons (Fsp3) is 0.286. The number of hydrogen-bond acceptors (Lipinski definition) is 5. The van der Waals surface area contributed by atoms with Gasteiger partial charge >= 0.3 is 11.9 Å². The Labute approximate surface area is 146 Å². The number of aromatic nitrogens is 2. The van der Waals surface area contributed by atoms with Crippen molar-refractivity contribution in [1.29, 1.82) is 0 Å². The molecule has 0 saturated heterocycles. The Kier molecular flexibility index (Phi) is 3.83. The average Bonchev–Trinajstić information content (AvgIpc) is 3.18. The number of thiophene rings is 1. The average molecular weight is 388 g/mol. The summed E-state index contributed by atoms with van der Waals surface area (Å²) in [6.45, 7) is 0. The van der Waals surface area contributed by atoms with Crippen LogP contribution >= 0.6 is 11.3 Å². The predicted octanol–water partition coefficient (Wildman–Crippen LogP) is 0.285. The minimum atomic E-state index is -5.33. The van der Waals surface area contributed by atoms with Crippen LogP contribution in [-0.4, -0.2) is 27.1 Å². The second kappa shape index (κ2) is 5.56. The van der Waals surface area contributed by atoms with E-state index < -0.39 is 46.2 Å². The zero-order chi connectivity index (χ0) is 19.4. The topological polar surface area (TPSA) is 102 Å². The van der Waals surface area contributed by atoms with Gasteiger partial charge in [0.15, 0.2) is 0 Å². The molecule has 2 aromatic rings. The molecule has 3 rings (SSSR count). The van der Waals surface area contributed by atoms with Gasteiger partial charge in [0.05, 0.1) is 4.88 Å². The maximum atomic E-state index is 14.0. The van der Waals surface area contributed by atoms with Crippen LogP contribution in [-0.2, 0) is 24.4 Å². The van der Waals surface area contributed by atoms with Gasteiger partial charge in [-0.1, -0.05) is 6.07 Å². The van der Waals surface area contributed by atoms with Crippen LogP contribution in [0.15, 0.2) is 27.1 Å². The summed E-state index contributed by atoms with van der Waals surface area (Å²) in [7, 11) is 2.09. The van der Waals surface area contributed by atoms with Crippen molar-refractivity contribution >= 4 is 29.0 Å². The van der Waals surface area contributed by atoms with E-state index in [0.717, 1.165) is 25.4 Å². The second-order valence-corrected chi connectivity index (χ2v) is 6.51. The molecule has 1 atom stereocenters. The molecule has 2 N–H and O–H groups in total. The molecule has 0 bridgehead atoms. The van der Waals surface area contributed by atoms with Crippen LogP contribution in [0.3, 0.4) is 0 Å². The van der Waals surface area contributed by atoms with Gasteiger partial charge in [0, 0.05) is 14.1 Å². The minimum Gasteiger partial charge on any atom is -0.326 e. The first-order valence-corrected chi connectivity index (χ1v) is 7.95. The van der Waals surface area contributed by atoms with E-state index in [0.29, 0.717) is 9.13 Å². The predicted molar refractivity (Wildman–Crippen MR) is 85.1 cm³/mol. The highest BCUT2D eigenvalue weighted by molar-refractivity contribution is 7.12. The van der Waals surface area contributed by atoms with Crippen LogP contribution in [0.1, 0.15) is 15.2 Å². The quantitative estimate of drug-likeness (QED) is 0.772. The van der Waals surface area contributed by atoms with Gasteiger partial charge in [-0.2, -0.15) is 13.2 Å². The van der Waals surface area contributed by atoms with Gasteiger partial charge in [-0.15, -0.1) is 11.3 Å². The standard InChI is InChI=1S/C14H11F3N4O4S/c1-20-8-7(10(23)21(2)12(20)25)13(11(24)18-8,14(15,16)17)19-9(22)6-4-3-5-26-6/h3-5H,1-2H3,(H,18,24)(H,19,22)/t13-/m1/s1. The Balaban J connectivity index is 2.32. The number of carbonyl (C=O) groups excluding carboxylic acids is 2. The summed E-state index contributed by atoms with van der Waals surface area (Å²) in [5, 5.41) is 5.04. The van der Waals surface area contributed by atoms with Crippen molar-refractivity contribution in [2.45, 2.75) is 11.7 Å². The lowest BCUT2D eigenvalue weighted by molar-refractivity contribution is -0.196. The van der Waals surface area contributed by atoms with Crippen molar-refractivity contribution < 1.29 is 22.8 Å². The van der Waals surface area contributed by atoms with Gasteiger partial charge in [0.1, 0.15) is 11.4 Å². The number of amides is 2. The lowest BCUT2D eigenvalue weighted by Crippen LogP contribution is -2.62. The van der Waals surface area contributed by atoms with Crippen molar-refractivity contribution in [3.63, 3.8) is 0 Å². The highest BCUT2D eigenvalue weighted by atomic mass is 32.1. The lowest BCUT2D eigenvalue weighted by Gasteiger charge is -2.30. The Hall–Kier alpha value is -2.89. The number of alkyl halides is 3. The van der Waals surface area contributed by atoms with E-state index in [2.05, 4.69) is 0 Å². The summed E-state index contributed by atoms with van der Waals surface area (Å²) in [4.78, 5) is 48.9. The number of rotatable bonds is 2. The maximum absolute atomic E-state index is 14.0. The van der Waals surface area contributed by atoms with Crippen LogP contribution < -0.4 is 21.9 Å². The number of nitrogens with one attached hydrogen (secondary N) is 2. The number of carbonyl (C=O) groups is 2. The van der Waals surface area contributed by atoms with Crippen molar-refractivity contribution in [3.8, 4) is 0 Å². The molecule has 2 amide bonds. The largest absolute Gasteiger partial charge is 0.425 e. The number of halogens is 3.